The molecule has 1 amide bonds. The molecule has 2 aliphatic rings. The van der Waals surface area contributed by atoms with E-state index >= 15 is 0 Å². The highest BCUT2D eigenvalue weighted by Crippen LogP contribution is 2.54. The summed E-state index contributed by atoms with van der Waals surface area (Å²) in [6.07, 6.45) is 5.17. The van der Waals surface area contributed by atoms with Crippen molar-refractivity contribution in [3.63, 3.8) is 0 Å². The van der Waals surface area contributed by atoms with Gasteiger partial charge in [0.15, 0.2) is 11.6 Å². The Kier molecular flexibility index (Phi) is 6.26. The predicted molar refractivity (Wildman–Crippen MR) is 140 cm³/mol. The number of amides is 1. The van der Waals surface area contributed by atoms with Crippen molar-refractivity contribution in [2.75, 3.05) is 29.0 Å². The van der Waals surface area contributed by atoms with Crippen LogP contribution in [0.4, 0.5) is 25.8 Å². The molecule has 0 bridgehead atoms. The summed E-state index contributed by atoms with van der Waals surface area (Å²) in [7, 11) is 0. The van der Waals surface area contributed by atoms with Gasteiger partial charge >= 0.3 is 0 Å². The number of hydrogen-bond acceptors (Lipinski definition) is 6. The van der Waals surface area contributed by atoms with Crippen molar-refractivity contribution in [2.24, 2.45) is 10.4 Å². The van der Waals surface area contributed by atoms with Crippen molar-refractivity contribution >= 4 is 29.2 Å². The van der Waals surface area contributed by atoms with E-state index in [0.29, 0.717) is 21.5 Å². The lowest BCUT2D eigenvalue weighted by atomic mass is 10.1. The number of hydrogen-bond donors (Lipinski definition) is 2. The summed E-state index contributed by atoms with van der Waals surface area (Å²) >= 11 is 0. The summed E-state index contributed by atoms with van der Waals surface area (Å²) in [6.45, 7) is 5.61. The maximum absolute atomic E-state index is 14.3. The molecule has 37 heavy (non-hydrogen) atoms. The van der Waals surface area contributed by atoms with E-state index in [2.05, 4.69) is 20.3 Å². The topological polar surface area (TPSA) is 106 Å². The van der Waals surface area contributed by atoms with Crippen LogP contribution in [0.2, 0.25) is 0 Å². The van der Waals surface area contributed by atoms with E-state index in [1.807, 2.05) is 13.8 Å². The van der Waals surface area contributed by atoms with Crippen molar-refractivity contribution in [3.8, 4) is 5.69 Å². The summed E-state index contributed by atoms with van der Waals surface area (Å²) < 4.78 is 29.2. The van der Waals surface area contributed by atoms with Gasteiger partial charge in [0.25, 0.3) is 11.5 Å². The number of para-hydroxylation sites is 1. The van der Waals surface area contributed by atoms with E-state index in [-0.39, 0.29) is 11.7 Å². The number of nitrogens with one attached hydrogen (secondary N) is 1. The molecule has 192 valence electrons. The van der Waals surface area contributed by atoms with Gasteiger partial charge in [-0.05, 0) is 68.9 Å². The number of aliphatic imine (C=N–C) groups is 1. The van der Waals surface area contributed by atoms with Crippen LogP contribution in [0.15, 0.2) is 52.3 Å². The molecule has 3 N–H and O–H groups in total. The zero-order valence-corrected chi connectivity index (χ0v) is 20.7. The number of nitrogen functional groups attached to an aromatic ring is 1. The Bertz CT molecular complexity index is 1440. The van der Waals surface area contributed by atoms with Crippen LogP contribution >= 0.6 is 0 Å². The number of carbonyl (C=O) groups excluding carboxylic acids is 1. The third-order valence-electron chi connectivity index (χ3n) is 6.89. The average molecular weight is 507 g/mol. The number of halogens is 2. The second kappa shape index (κ2) is 9.42. The number of nitrogens with zero attached hydrogens (tertiary/aromatic N) is 4. The molecule has 2 heterocycles. The minimum absolute atomic E-state index is 0.0582. The smallest absolute Gasteiger partial charge is 0.276 e. The standard InChI is InChI=1S/C27H28F2N6O2/c1-16(2)31-14-17-20(30)6-7-21(24(17)34-13-12-27(15-34)10-11-27)32-26(37)22-8-9-23(36)35(33-22)25-18(28)4-3-5-19(25)29/h3-9,14,16H,10-13,15,30H2,1-2H3,(H,32,37). The molecule has 5 rings (SSSR count). The quantitative estimate of drug-likeness (QED) is 0.386. The molecular weight excluding hydrogens is 478 g/mol. The van der Waals surface area contributed by atoms with Gasteiger partial charge in [0.05, 0.1) is 11.4 Å². The maximum atomic E-state index is 14.3. The normalized spacial score (nSPS) is 16.2. The fourth-order valence-electron chi connectivity index (χ4n) is 4.71. The van der Waals surface area contributed by atoms with Gasteiger partial charge in [-0.2, -0.15) is 9.78 Å². The van der Waals surface area contributed by atoms with E-state index in [1.54, 1.807) is 18.3 Å². The largest absolute Gasteiger partial charge is 0.398 e. The van der Waals surface area contributed by atoms with E-state index in [9.17, 15) is 18.4 Å². The first kappa shape index (κ1) is 24.6. The first-order chi connectivity index (χ1) is 17.7. The SMILES string of the molecule is CC(C)N=Cc1c(N)ccc(NC(=O)c2ccc(=O)n(-c3c(F)cccc3F)n2)c1N1CCC2(CC2)C1. The molecule has 2 fully saturated rings. The lowest BCUT2D eigenvalue weighted by molar-refractivity contribution is 0.102. The number of nitrogens with two attached hydrogens (primary N) is 1. The van der Waals surface area contributed by atoms with Crippen LogP contribution in [0.5, 0.6) is 0 Å². The van der Waals surface area contributed by atoms with Gasteiger partial charge in [0, 0.05) is 42.7 Å². The molecule has 2 aromatic carbocycles. The van der Waals surface area contributed by atoms with Gasteiger partial charge in [-0.3, -0.25) is 14.6 Å². The van der Waals surface area contributed by atoms with E-state index in [0.717, 1.165) is 49.0 Å². The van der Waals surface area contributed by atoms with Gasteiger partial charge in [0.2, 0.25) is 0 Å². The van der Waals surface area contributed by atoms with Crippen molar-refractivity contribution in [3.05, 3.63) is 75.7 Å². The number of anilines is 3. The number of benzene rings is 2. The van der Waals surface area contributed by atoms with Gasteiger partial charge in [0.1, 0.15) is 11.4 Å². The summed E-state index contributed by atoms with van der Waals surface area (Å²) in [6, 6.07) is 8.97. The van der Waals surface area contributed by atoms with Crippen molar-refractivity contribution in [1.29, 1.82) is 0 Å². The van der Waals surface area contributed by atoms with Crippen LogP contribution in [-0.2, 0) is 0 Å². The Morgan fingerprint density at radius 3 is 2.49 bits per heavy atom. The Hall–Kier alpha value is -4.08. The van der Waals surface area contributed by atoms with E-state index in [4.69, 9.17) is 5.73 Å². The first-order valence-electron chi connectivity index (χ1n) is 12.2. The van der Waals surface area contributed by atoms with E-state index < -0.39 is 28.8 Å². The molecule has 3 aromatic rings. The van der Waals surface area contributed by atoms with Gasteiger partial charge < -0.3 is 16.0 Å². The Labute approximate surface area is 212 Å². The highest BCUT2D eigenvalue weighted by atomic mass is 19.1. The molecule has 1 aromatic heterocycles. The third-order valence-corrected chi connectivity index (χ3v) is 6.89. The summed E-state index contributed by atoms with van der Waals surface area (Å²) in [4.78, 5) is 32.4. The number of carbonyl (C=O) groups is 1. The van der Waals surface area contributed by atoms with Crippen LogP contribution in [-0.4, -0.2) is 41.0 Å². The van der Waals surface area contributed by atoms with Gasteiger partial charge in [-0.25, -0.2) is 8.78 Å². The molecular formula is C27H28F2N6O2. The molecule has 0 atom stereocenters. The van der Waals surface area contributed by atoms with Crippen molar-refractivity contribution in [2.45, 2.75) is 39.2 Å². The van der Waals surface area contributed by atoms with Crippen molar-refractivity contribution in [1.82, 2.24) is 9.78 Å². The second-order valence-corrected chi connectivity index (χ2v) is 10.0. The van der Waals surface area contributed by atoms with Crippen LogP contribution in [0.25, 0.3) is 5.69 Å². The maximum Gasteiger partial charge on any atom is 0.276 e. The summed E-state index contributed by atoms with van der Waals surface area (Å²) in [5.41, 5.74) is 7.61. The monoisotopic (exact) mass is 506 g/mol. The predicted octanol–water partition coefficient (Wildman–Crippen LogP) is 4.16. The molecule has 1 spiro atoms. The average Bonchev–Trinajstić information content (AvgIpc) is 3.48. The minimum Gasteiger partial charge on any atom is -0.398 e. The summed E-state index contributed by atoms with van der Waals surface area (Å²) in [5.74, 6) is -2.57. The van der Waals surface area contributed by atoms with E-state index in [1.165, 1.54) is 25.0 Å². The molecule has 0 radical (unpaired) electrons. The second-order valence-electron chi connectivity index (χ2n) is 10.0. The lowest BCUT2D eigenvalue weighted by Gasteiger charge is -2.25. The first-order valence-corrected chi connectivity index (χ1v) is 12.2. The van der Waals surface area contributed by atoms with Crippen LogP contribution in [0.1, 0.15) is 49.2 Å². The summed E-state index contributed by atoms with van der Waals surface area (Å²) in [5, 5.41) is 6.84. The van der Waals surface area contributed by atoms with Gasteiger partial charge in [-0.1, -0.05) is 6.07 Å². The Morgan fingerprint density at radius 1 is 1.11 bits per heavy atom. The van der Waals surface area contributed by atoms with Crippen LogP contribution < -0.4 is 21.5 Å². The highest BCUT2D eigenvalue weighted by molar-refractivity contribution is 6.08. The molecule has 1 saturated carbocycles. The molecule has 1 saturated heterocycles. The zero-order chi connectivity index (χ0) is 26.3. The van der Waals surface area contributed by atoms with Gasteiger partial charge in [-0.15, -0.1) is 0 Å². The minimum atomic E-state index is -0.968. The fourth-order valence-corrected chi connectivity index (χ4v) is 4.71. The Morgan fingerprint density at radius 2 is 1.84 bits per heavy atom. The fraction of sp³-hybridized carbons (Fsp3) is 0.333. The molecule has 10 heteroatoms. The molecule has 1 aliphatic heterocycles. The molecule has 8 nitrogen and oxygen atoms in total. The third kappa shape index (κ3) is 4.83. The lowest BCUT2D eigenvalue weighted by Crippen LogP contribution is -2.27. The molecule has 0 unspecified atom stereocenters. The van der Waals surface area contributed by atoms with Crippen molar-refractivity contribution < 1.29 is 13.6 Å². The van der Waals surface area contributed by atoms with Crippen LogP contribution in [0.3, 0.4) is 0 Å². The molecule has 1 aliphatic carbocycles. The zero-order valence-electron chi connectivity index (χ0n) is 20.7. The number of aromatic nitrogens is 2. The number of rotatable bonds is 6. The Balaban J connectivity index is 1.53. The highest BCUT2D eigenvalue weighted by Gasteiger charge is 2.48. The van der Waals surface area contributed by atoms with Crippen LogP contribution in [0, 0.1) is 17.0 Å².